The van der Waals surface area contributed by atoms with Gasteiger partial charge < -0.3 is 4.52 Å². The number of hydrogen-bond donors (Lipinski definition) is 1. The lowest BCUT2D eigenvalue weighted by atomic mass is 10.3. The van der Waals surface area contributed by atoms with Crippen molar-refractivity contribution in [1.82, 2.24) is 25.3 Å². The Bertz CT molecular complexity index is 647. The van der Waals surface area contributed by atoms with E-state index in [9.17, 15) is 0 Å². The van der Waals surface area contributed by atoms with Crippen molar-refractivity contribution in [3.05, 3.63) is 20.0 Å². The zero-order chi connectivity index (χ0) is 11.8. The van der Waals surface area contributed by atoms with Crippen LogP contribution in [0, 0.1) is 0 Å². The Morgan fingerprint density at radius 2 is 2.24 bits per heavy atom. The van der Waals surface area contributed by atoms with Gasteiger partial charge in [0.15, 0.2) is 5.82 Å². The molecule has 0 fully saturated rings. The molecule has 0 bridgehead atoms. The second kappa shape index (κ2) is 4.31. The highest BCUT2D eigenvalue weighted by Crippen LogP contribution is 2.38. The predicted octanol–water partition coefficient (Wildman–Crippen LogP) is 3.11. The van der Waals surface area contributed by atoms with E-state index in [0.29, 0.717) is 17.5 Å². The lowest BCUT2D eigenvalue weighted by Crippen LogP contribution is -1.83. The van der Waals surface area contributed by atoms with Crippen molar-refractivity contribution >= 4 is 43.2 Å². The fourth-order valence-electron chi connectivity index (χ4n) is 1.23. The normalized spacial score (nSPS) is 10.9. The number of nitrogens with zero attached hydrogens (tertiary/aromatic N) is 4. The monoisotopic (exact) mass is 375 g/mol. The van der Waals surface area contributed by atoms with Crippen LogP contribution in [0.15, 0.2) is 24.5 Å². The van der Waals surface area contributed by atoms with Crippen LogP contribution in [0.2, 0.25) is 0 Å². The molecule has 0 amide bonds. The second-order valence-corrected chi connectivity index (χ2v) is 6.74. The smallest absolute Gasteiger partial charge is 0.260 e. The van der Waals surface area contributed by atoms with Crippen molar-refractivity contribution < 1.29 is 4.52 Å². The highest BCUT2D eigenvalue weighted by molar-refractivity contribution is 9.12. The molecule has 0 spiro atoms. The molecule has 3 aromatic rings. The van der Waals surface area contributed by atoms with Crippen molar-refractivity contribution in [3.63, 3.8) is 0 Å². The number of nitrogens with one attached hydrogen (secondary N) is 1. The zero-order valence-electron chi connectivity index (χ0n) is 8.02. The fraction of sp³-hybridized carbons (Fsp3) is 0. The summed E-state index contributed by atoms with van der Waals surface area (Å²) in [5.41, 5.74) is 0.847. The molecule has 9 heteroatoms. The summed E-state index contributed by atoms with van der Waals surface area (Å²) in [6, 6.07) is 1.91. The molecule has 0 aromatic carbocycles. The highest BCUT2D eigenvalue weighted by Gasteiger charge is 2.16. The molecule has 0 saturated heterocycles. The first-order valence-corrected chi connectivity index (χ1v) is 6.79. The van der Waals surface area contributed by atoms with Gasteiger partial charge in [0.2, 0.25) is 5.82 Å². The standard InChI is InChI=1S/C8H3Br2N5OS/c9-4-1-3(5(10)17-4)8-13-7(15-16-8)6-11-2-12-14-6/h1-2H,(H,11,12,14). The summed E-state index contributed by atoms with van der Waals surface area (Å²) in [4.78, 5) is 8.19. The summed E-state index contributed by atoms with van der Waals surface area (Å²) in [6.45, 7) is 0. The van der Waals surface area contributed by atoms with Gasteiger partial charge >= 0.3 is 0 Å². The van der Waals surface area contributed by atoms with Gasteiger partial charge in [-0.1, -0.05) is 5.16 Å². The summed E-state index contributed by atoms with van der Waals surface area (Å²) < 4.78 is 7.09. The van der Waals surface area contributed by atoms with Crippen LogP contribution in [-0.2, 0) is 0 Å². The molecule has 86 valence electrons. The van der Waals surface area contributed by atoms with Crippen molar-refractivity contribution in [2.24, 2.45) is 0 Å². The predicted molar refractivity (Wildman–Crippen MR) is 68.4 cm³/mol. The Balaban J connectivity index is 2.03. The number of aromatic nitrogens is 5. The maximum Gasteiger partial charge on any atom is 0.260 e. The first kappa shape index (κ1) is 11.1. The molecule has 0 atom stereocenters. The highest BCUT2D eigenvalue weighted by atomic mass is 79.9. The Morgan fingerprint density at radius 3 is 2.88 bits per heavy atom. The molecule has 6 nitrogen and oxygen atoms in total. The fourth-order valence-corrected chi connectivity index (χ4v) is 4.01. The molecule has 0 radical (unpaired) electrons. The van der Waals surface area contributed by atoms with Crippen molar-refractivity contribution in [2.75, 3.05) is 0 Å². The minimum absolute atomic E-state index is 0.381. The number of rotatable bonds is 2. The van der Waals surface area contributed by atoms with Gasteiger partial charge in [-0.05, 0) is 37.9 Å². The number of thiophene rings is 1. The van der Waals surface area contributed by atoms with E-state index in [1.807, 2.05) is 6.07 Å². The summed E-state index contributed by atoms with van der Waals surface area (Å²) in [7, 11) is 0. The van der Waals surface area contributed by atoms with E-state index < -0.39 is 0 Å². The summed E-state index contributed by atoms with van der Waals surface area (Å²) >= 11 is 8.37. The Kier molecular flexibility index (Phi) is 2.81. The zero-order valence-corrected chi connectivity index (χ0v) is 12.0. The molecular formula is C8H3Br2N5OS. The Morgan fingerprint density at radius 1 is 1.35 bits per heavy atom. The van der Waals surface area contributed by atoms with Gasteiger partial charge in [-0.15, -0.1) is 11.3 Å². The van der Waals surface area contributed by atoms with Gasteiger partial charge in [0.05, 0.1) is 13.1 Å². The van der Waals surface area contributed by atoms with Crippen LogP contribution in [0.5, 0.6) is 0 Å². The molecule has 1 N–H and O–H groups in total. The molecule has 0 aliphatic rings. The SMILES string of the molecule is Brc1cc(-c2nc(-c3ncn[nH]3)no2)c(Br)s1. The number of halogens is 2. The average Bonchev–Trinajstić information content (AvgIpc) is 2.97. The third kappa shape index (κ3) is 2.05. The van der Waals surface area contributed by atoms with E-state index in [1.54, 1.807) is 11.3 Å². The number of hydrogen-bond acceptors (Lipinski definition) is 6. The quantitative estimate of drug-likeness (QED) is 0.743. The first-order chi connectivity index (χ1) is 8.24. The van der Waals surface area contributed by atoms with Crippen LogP contribution in [0.25, 0.3) is 23.1 Å². The number of aromatic amines is 1. The van der Waals surface area contributed by atoms with Crippen LogP contribution in [-0.4, -0.2) is 25.3 Å². The van der Waals surface area contributed by atoms with Crippen LogP contribution < -0.4 is 0 Å². The summed E-state index contributed by atoms with van der Waals surface area (Å²) in [6.07, 6.45) is 1.39. The van der Waals surface area contributed by atoms with E-state index in [4.69, 9.17) is 4.52 Å². The third-order valence-corrected chi connectivity index (χ3v) is 4.28. The summed E-state index contributed by atoms with van der Waals surface area (Å²) in [5, 5.41) is 10.2. The maximum atomic E-state index is 5.18. The molecule has 0 aliphatic carbocycles. The Labute approximate surface area is 116 Å². The van der Waals surface area contributed by atoms with Crippen molar-refractivity contribution in [1.29, 1.82) is 0 Å². The van der Waals surface area contributed by atoms with E-state index in [-0.39, 0.29) is 0 Å². The van der Waals surface area contributed by atoms with Gasteiger partial charge in [-0.2, -0.15) is 10.1 Å². The molecule has 3 heterocycles. The maximum absolute atomic E-state index is 5.18. The topological polar surface area (TPSA) is 80.5 Å². The molecular weight excluding hydrogens is 374 g/mol. The van der Waals surface area contributed by atoms with E-state index >= 15 is 0 Å². The minimum atomic E-state index is 0.381. The van der Waals surface area contributed by atoms with Crippen LogP contribution in [0.3, 0.4) is 0 Å². The largest absolute Gasteiger partial charge is 0.333 e. The van der Waals surface area contributed by atoms with Crippen LogP contribution in [0.1, 0.15) is 0 Å². The van der Waals surface area contributed by atoms with E-state index in [0.717, 1.165) is 13.1 Å². The van der Waals surface area contributed by atoms with Gasteiger partial charge in [0.1, 0.15) is 6.33 Å². The average molecular weight is 377 g/mol. The molecule has 0 unspecified atom stereocenters. The van der Waals surface area contributed by atoms with Gasteiger partial charge in [-0.3, -0.25) is 5.10 Å². The van der Waals surface area contributed by atoms with Crippen LogP contribution in [0.4, 0.5) is 0 Å². The molecule has 0 aliphatic heterocycles. The molecule has 3 aromatic heterocycles. The van der Waals surface area contributed by atoms with E-state index in [1.165, 1.54) is 6.33 Å². The van der Waals surface area contributed by atoms with Gasteiger partial charge in [0.25, 0.3) is 5.89 Å². The van der Waals surface area contributed by atoms with Crippen molar-refractivity contribution in [3.8, 4) is 23.1 Å². The third-order valence-electron chi connectivity index (χ3n) is 1.94. The number of H-pyrrole nitrogens is 1. The van der Waals surface area contributed by atoms with Crippen LogP contribution >= 0.6 is 43.2 Å². The molecule has 0 saturated carbocycles. The van der Waals surface area contributed by atoms with Crippen molar-refractivity contribution in [2.45, 2.75) is 0 Å². The molecule has 17 heavy (non-hydrogen) atoms. The van der Waals surface area contributed by atoms with E-state index in [2.05, 4.69) is 57.2 Å². The second-order valence-electron chi connectivity index (χ2n) is 3.00. The Hall–Kier alpha value is -1.06. The first-order valence-electron chi connectivity index (χ1n) is 4.38. The summed E-state index contributed by atoms with van der Waals surface area (Å²) in [5.74, 6) is 1.29. The lowest BCUT2D eigenvalue weighted by molar-refractivity contribution is 0.432. The lowest BCUT2D eigenvalue weighted by Gasteiger charge is -1.87. The minimum Gasteiger partial charge on any atom is -0.333 e. The van der Waals surface area contributed by atoms with Gasteiger partial charge in [-0.25, -0.2) is 4.98 Å². The van der Waals surface area contributed by atoms with Gasteiger partial charge in [0, 0.05) is 0 Å². The molecule has 3 rings (SSSR count).